The van der Waals surface area contributed by atoms with Crippen LogP contribution >= 0.6 is 24.0 Å². The fourth-order valence-corrected chi connectivity index (χ4v) is 2.34. The van der Waals surface area contributed by atoms with Crippen molar-refractivity contribution in [2.45, 2.75) is 40.2 Å². The SMILES string of the molecule is CCOCCCNC(=NCc1c(C)noc1C)NCCc1ccco1.I. The summed E-state index contributed by atoms with van der Waals surface area (Å²) in [6.45, 7) is 9.40. The van der Waals surface area contributed by atoms with E-state index in [2.05, 4.69) is 20.8 Å². The molecule has 2 N–H and O–H groups in total. The molecule has 8 heteroatoms. The standard InChI is InChI=1S/C18H28N4O3.HI/c1-4-23-11-6-9-19-18(20-10-8-16-7-5-12-24-16)21-13-17-14(2)22-25-15(17)3;/h5,7,12H,4,6,8-11,13H2,1-3H3,(H2,19,20,21);1H. The van der Waals surface area contributed by atoms with Crippen LogP contribution in [-0.4, -0.2) is 37.4 Å². The molecule has 0 aliphatic rings. The molecule has 0 aromatic carbocycles. The summed E-state index contributed by atoms with van der Waals surface area (Å²) >= 11 is 0. The van der Waals surface area contributed by atoms with Crippen LogP contribution < -0.4 is 10.6 Å². The second-order valence-corrected chi connectivity index (χ2v) is 5.70. The van der Waals surface area contributed by atoms with Gasteiger partial charge in [-0.05, 0) is 39.3 Å². The molecule has 0 aliphatic carbocycles. The predicted octanol–water partition coefficient (Wildman–Crippen LogP) is 3.21. The normalized spacial score (nSPS) is 11.3. The van der Waals surface area contributed by atoms with Crippen molar-refractivity contribution in [3.63, 3.8) is 0 Å². The highest BCUT2D eigenvalue weighted by atomic mass is 127. The maximum absolute atomic E-state index is 5.36. The van der Waals surface area contributed by atoms with Gasteiger partial charge in [-0.15, -0.1) is 24.0 Å². The fraction of sp³-hybridized carbons (Fsp3) is 0.556. The van der Waals surface area contributed by atoms with E-state index < -0.39 is 0 Å². The largest absolute Gasteiger partial charge is 0.469 e. The lowest BCUT2D eigenvalue weighted by atomic mass is 10.2. The molecule has 0 saturated heterocycles. The molecule has 2 rings (SSSR count). The maximum Gasteiger partial charge on any atom is 0.191 e. The molecule has 0 bridgehead atoms. The Morgan fingerprint density at radius 2 is 2.08 bits per heavy atom. The Morgan fingerprint density at radius 1 is 1.27 bits per heavy atom. The van der Waals surface area contributed by atoms with Crippen LogP contribution in [0.4, 0.5) is 0 Å². The molecule has 146 valence electrons. The number of aliphatic imine (C=N–C) groups is 1. The topological polar surface area (TPSA) is 84.8 Å². The number of nitrogens with one attached hydrogen (secondary N) is 2. The van der Waals surface area contributed by atoms with Crippen molar-refractivity contribution in [3.05, 3.63) is 41.2 Å². The van der Waals surface area contributed by atoms with Crippen LogP contribution in [0, 0.1) is 13.8 Å². The van der Waals surface area contributed by atoms with Crippen molar-refractivity contribution in [1.29, 1.82) is 0 Å². The van der Waals surface area contributed by atoms with E-state index >= 15 is 0 Å². The van der Waals surface area contributed by atoms with E-state index in [1.165, 1.54) is 0 Å². The Bertz CT molecular complexity index is 621. The second-order valence-electron chi connectivity index (χ2n) is 5.70. The van der Waals surface area contributed by atoms with Gasteiger partial charge in [0.25, 0.3) is 0 Å². The fourth-order valence-electron chi connectivity index (χ4n) is 2.34. The van der Waals surface area contributed by atoms with Gasteiger partial charge in [-0.3, -0.25) is 0 Å². The minimum Gasteiger partial charge on any atom is -0.469 e. The van der Waals surface area contributed by atoms with Crippen molar-refractivity contribution in [2.75, 3.05) is 26.3 Å². The number of aryl methyl sites for hydroxylation is 2. The number of aromatic nitrogens is 1. The van der Waals surface area contributed by atoms with Crippen molar-refractivity contribution < 1.29 is 13.7 Å². The van der Waals surface area contributed by atoms with Crippen LogP contribution in [0.25, 0.3) is 0 Å². The molecule has 2 heterocycles. The molecule has 0 unspecified atom stereocenters. The molecule has 7 nitrogen and oxygen atoms in total. The highest BCUT2D eigenvalue weighted by Gasteiger charge is 2.08. The number of hydrogen-bond donors (Lipinski definition) is 2. The van der Waals surface area contributed by atoms with Crippen LogP contribution in [0.15, 0.2) is 32.3 Å². The quantitative estimate of drug-likeness (QED) is 0.237. The first-order chi connectivity index (χ1) is 12.2. The van der Waals surface area contributed by atoms with E-state index in [1.54, 1.807) is 6.26 Å². The maximum atomic E-state index is 5.36. The van der Waals surface area contributed by atoms with Crippen LogP contribution in [0.2, 0.25) is 0 Å². The van der Waals surface area contributed by atoms with Crippen LogP contribution in [0.1, 0.15) is 36.1 Å². The van der Waals surface area contributed by atoms with Crippen molar-refractivity contribution >= 4 is 29.9 Å². The van der Waals surface area contributed by atoms with Gasteiger partial charge in [0.1, 0.15) is 11.5 Å². The van der Waals surface area contributed by atoms with Crippen LogP contribution in [0.5, 0.6) is 0 Å². The number of nitrogens with zero attached hydrogens (tertiary/aromatic N) is 2. The van der Waals surface area contributed by atoms with Gasteiger partial charge in [-0.2, -0.15) is 0 Å². The minimum atomic E-state index is 0. The van der Waals surface area contributed by atoms with E-state index in [-0.39, 0.29) is 24.0 Å². The molecule has 2 aromatic rings. The number of hydrogen-bond acceptors (Lipinski definition) is 5. The molecule has 0 radical (unpaired) electrons. The summed E-state index contributed by atoms with van der Waals surface area (Å²) in [6, 6.07) is 3.87. The first-order valence-electron chi connectivity index (χ1n) is 8.74. The number of guanidine groups is 1. The van der Waals surface area contributed by atoms with Gasteiger partial charge in [-0.25, -0.2) is 4.99 Å². The minimum absolute atomic E-state index is 0. The smallest absolute Gasteiger partial charge is 0.191 e. The van der Waals surface area contributed by atoms with Gasteiger partial charge in [0.15, 0.2) is 5.96 Å². The molecule has 0 spiro atoms. The Balaban J connectivity index is 0.00000338. The lowest BCUT2D eigenvalue weighted by molar-refractivity contribution is 0.145. The van der Waals surface area contributed by atoms with E-state index in [9.17, 15) is 0 Å². The molecular weight excluding hydrogens is 447 g/mol. The third kappa shape index (κ3) is 7.77. The molecule has 0 amide bonds. The highest BCUT2D eigenvalue weighted by molar-refractivity contribution is 14.0. The molecule has 26 heavy (non-hydrogen) atoms. The van der Waals surface area contributed by atoms with Gasteiger partial charge < -0.3 is 24.3 Å². The number of rotatable bonds is 10. The Hall–Kier alpha value is -1.55. The third-order valence-electron chi connectivity index (χ3n) is 3.78. The van der Waals surface area contributed by atoms with Crippen LogP contribution in [-0.2, 0) is 17.7 Å². The van der Waals surface area contributed by atoms with Crippen molar-refractivity contribution in [3.8, 4) is 0 Å². The zero-order valence-corrected chi connectivity index (χ0v) is 18.0. The molecule has 0 atom stereocenters. The molecule has 0 aliphatic heterocycles. The first kappa shape index (κ1) is 22.5. The van der Waals surface area contributed by atoms with Crippen molar-refractivity contribution in [2.24, 2.45) is 4.99 Å². The highest BCUT2D eigenvalue weighted by Crippen LogP contribution is 2.13. The summed E-state index contributed by atoms with van der Waals surface area (Å²) in [6.07, 6.45) is 3.42. The van der Waals surface area contributed by atoms with E-state index in [4.69, 9.17) is 13.7 Å². The summed E-state index contributed by atoms with van der Waals surface area (Å²) < 4.78 is 15.9. The zero-order chi connectivity index (χ0) is 17.9. The Kier molecular flexibility index (Phi) is 11.0. The Morgan fingerprint density at radius 3 is 2.73 bits per heavy atom. The predicted molar refractivity (Wildman–Crippen MR) is 112 cm³/mol. The lowest BCUT2D eigenvalue weighted by Gasteiger charge is -2.12. The first-order valence-corrected chi connectivity index (χ1v) is 8.74. The molecular formula is C18H29IN4O3. The monoisotopic (exact) mass is 476 g/mol. The van der Waals surface area contributed by atoms with E-state index in [1.807, 2.05) is 32.9 Å². The summed E-state index contributed by atoms with van der Waals surface area (Å²) in [5.41, 5.74) is 1.91. The summed E-state index contributed by atoms with van der Waals surface area (Å²) in [7, 11) is 0. The average Bonchev–Trinajstić information content (AvgIpc) is 3.23. The summed E-state index contributed by atoms with van der Waals surface area (Å²) in [5, 5.41) is 10.6. The number of halogens is 1. The molecule has 0 saturated carbocycles. The van der Waals surface area contributed by atoms with Gasteiger partial charge >= 0.3 is 0 Å². The lowest BCUT2D eigenvalue weighted by Crippen LogP contribution is -2.39. The molecule has 0 fully saturated rings. The number of ether oxygens (including phenoxy) is 1. The van der Waals surface area contributed by atoms with Gasteiger partial charge in [0.2, 0.25) is 0 Å². The van der Waals surface area contributed by atoms with E-state index in [0.717, 1.165) is 67.9 Å². The van der Waals surface area contributed by atoms with Crippen molar-refractivity contribution in [1.82, 2.24) is 15.8 Å². The van der Waals surface area contributed by atoms with Crippen LogP contribution in [0.3, 0.4) is 0 Å². The Labute approximate surface area is 172 Å². The summed E-state index contributed by atoms with van der Waals surface area (Å²) in [4.78, 5) is 4.65. The summed E-state index contributed by atoms with van der Waals surface area (Å²) in [5.74, 6) is 2.53. The van der Waals surface area contributed by atoms with Gasteiger partial charge in [-0.1, -0.05) is 5.16 Å². The van der Waals surface area contributed by atoms with Gasteiger partial charge in [0.05, 0.1) is 18.5 Å². The second kappa shape index (κ2) is 12.7. The average molecular weight is 476 g/mol. The van der Waals surface area contributed by atoms with E-state index in [0.29, 0.717) is 6.54 Å². The molecule has 2 aromatic heterocycles. The number of furan rings is 1. The van der Waals surface area contributed by atoms with Gasteiger partial charge in [0, 0.05) is 38.3 Å². The zero-order valence-electron chi connectivity index (χ0n) is 15.7. The third-order valence-corrected chi connectivity index (χ3v) is 3.78.